The van der Waals surface area contributed by atoms with E-state index in [9.17, 15) is 5.26 Å². The lowest BCUT2D eigenvalue weighted by molar-refractivity contribution is -0.137. The van der Waals surface area contributed by atoms with E-state index in [1.165, 1.54) is 12.1 Å². The van der Waals surface area contributed by atoms with Crippen LogP contribution in [0.4, 0.5) is 18.9 Å². The monoisotopic (exact) mass is 758 g/mol. The third kappa shape index (κ3) is 5.37. The van der Waals surface area contributed by atoms with Crippen LogP contribution >= 0.6 is 0 Å². The SMILES string of the molecule is [C-]#[N+]c1cccc(C(F)(F)F)c1-c1c(-n2c3ccccc3c3cc(-c4ncccn4)ccc32)cc(C#N)cc1-n1c2ccccc2c2cc(-c3ncccn3)ccc21. The molecule has 0 fully saturated rings. The van der Waals surface area contributed by atoms with E-state index in [-0.39, 0.29) is 22.4 Å². The topological polar surface area (TPSA) is 89.6 Å². The predicted octanol–water partition coefficient (Wildman–Crippen LogP) is 11.9. The molecule has 0 saturated heterocycles. The van der Waals surface area contributed by atoms with Crippen molar-refractivity contribution in [1.29, 1.82) is 5.26 Å². The van der Waals surface area contributed by atoms with Crippen LogP contribution in [-0.4, -0.2) is 29.1 Å². The summed E-state index contributed by atoms with van der Waals surface area (Å²) >= 11 is 0. The zero-order valence-electron chi connectivity index (χ0n) is 30.1. The summed E-state index contributed by atoms with van der Waals surface area (Å²) in [5.74, 6) is 1.04. The highest BCUT2D eigenvalue weighted by molar-refractivity contribution is 6.13. The Kier molecular flexibility index (Phi) is 7.85. The molecule has 0 saturated carbocycles. The molecule has 0 aliphatic rings. The smallest absolute Gasteiger partial charge is 0.309 e. The molecule has 0 N–H and O–H groups in total. The maximum atomic E-state index is 15.4. The predicted molar refractivity (Wildman–Crippen MR) is 219 cm³/mol. The summed E-state index contributed by atoms with van der Waals surface area (Å²) < 4.78 is 49.9. The highest BCUT2D eigenvalue weighted by Crippen LogP contribution is 2.50. The van der Waals surface area contributed by atoms with Crippen molar-refractivity contribution in [3.8, 4) is 51.3 Å². The minimum atomic E-state index is -4.84. The Morgan fingerprint density at radius 1 is 0.534 bits per heavy atom. The van der Waals surface area contributed by atoms with Gasteiger partial charge in [-0.2, -0.15) is 18.4 Å². The summed E-state index contributed by atoms with van der Waals surface area (Å²) in [6.07, 6.45) is 1.81. The Hall–Kier alpha value is -8.15. The number of rotatable bonds is 5. The van der Waals surface area contributed by atoms with Gasteiger partial charge in [0.25, 0.3) is 0 Å². The van der Waals surface area contributed by atoms with Crippen LogP contribution in [0, 0.1) is 17.9 Å². The Balaban J connectivity index is 1.39. The van der Waals surface area contributed by atoms with Gasteiger partial charge in [0.2, 0.25) is 0 Å². The number of hydrogen-bond acceptors (Lipinski definition) is 5. The average molecular weight is 759 g/mol. The minimum absolute atomic E-state index is 0.133. The van der Waals surface area contributed by atoms with Crippen molar-refractivity contribution in [2.24, 2.45) is 0 Å². The first kappa shape index (κ1) is 34.3. The molecule has 0 atom stereocenters. The van der Waals surface area contributed by atoms with Gasteiger partial charge in [-0.05, 0) is 72.8 Å². The molecular formula is C47H25F3N8. The van der Waals surface area contributed by atoms with Gasteiger partial charge in [0.15, 0.2) is 17.3 Å². The maximum Gasteiger partial charge on any atom is 0.415 e. The second-order valence-electron chi connectivity index (χ2n) is 13.6. The van der Waals surface area contributed by atoms with Crippen molar-refractivity contribution >= 4 is 49.3 Å². The number of benzene rings is 6. The molecule has 0 radical (unpaired) electrons. The van der Waals surface area contributed by atoms with Gasteiger partial charge in [0.05, 0.1) is 57.2 Å². The molecule has 11 heteroatoms. The summed E-state index contributed by atoms with van der Waals surface area (Å²) in [5.41, 5.74) is 3.73. The fraction of sp³-hybridized carbons (Fsp3) is 0.0213. The van der Waals surface area contributed by atoms with E-state index in [1.54, 1.807) is 49.1 Å². The number of hydrogen-bond donors (Lipinski definition) is 0. The van der Waals surface area contributed by atoms with Crippen molar-refractivity contribution in [3.63, 3.8) is 0 Å². The van der Waals surface area contributed by atoms with Gasteiger partial charge in [-0.15, -0.1) is 0 Å². The Bertz CT molecular complexity index is 3180. The number of alkyl halides is 3. The van der Waals surface area contributed by atoms with E-state index in [0.29, 0.717) is 45.1 Å². The molecule has 10 aromatic rings. The number of halogens is 3. The van der Waals surface area contributed by atoms with Crippen molar-refractivity contribution < 1.29 is 13.2 Å². The number of aromatic nitrogens is 6. The van der Waals surface area contributed by atoms with Crippen LogP contribution in [0.3, 0.4) is 0 Å². The van der Waals surface area contributed by atoms with Crippen molar-refractivity contribution in [3.05, 3.63) is 175 Å². The molecule has 0 aliphatic heterocycles. The van der Waals surface area contributed by atoms with Crippen LogP contribution in [0.1, 0.15) is 11.1 Å². The molecule has 6 aromatic carbocycles. The molecule has 0 bridgehead atoms. The van der Waals surface area contributed by atoms with E-state index >= 15 is 13.2 Å². The van der Waals surface area contributed by atoms with Crippen molar-refractivity contribution in [1.82, 2.24) is 29.1 Å². The fourth-order valence-electron chi connectivity index (χ4n) is 8.06. The Labute approximate surface area is 328 Å². The first-order valence-corrected chi connectivity index (χ1v) is 18.1. The lowest BCUT2D eigenvalue weighted by atomic mass is 9.92. The van der Waals surface area contributed by atoms with Crippen LogP contribution in [-0.2, 0) is 6.18 Å². The number of nitriles is 1. The van der Waals surface area contributed by atoms with Crippen LogP contribution < -0.4 is 0 Å². The van der Waals surface area contributed by atoms with Gasteiger partial charge < -0.3 is 9.13 Å². The minimum Gasteiger partial charge on any atom is -0.309 e. The van der Waals surface area contributed by atoms with Gasteiger partial charge in [-0.3, -0.25) is 0 Å². The second-order valence-corrected chi connectivity index (χ2v) is 13.6. The van der Waals surface area contributed by atoms with Crippen molar-refractivity contribution in [2.75, 3.05) is 0 Å². The van der Waals surface area contributed by atoms with Crippen LogP contribution in [0.2, 0.25) is 0 Å². The third-order valence-electron chi connectivity index (χ3n) is 10.4. The van der Waals surface area contributed by atoms with E-state index < -0.39 is 11.7 Å². The summed E-state index contributed by atoms with van der Waals surface area (Å²) in [6, 6.07) is 39.3. The quantitative estimate of drug-likeness (QED) is 0.163. The first-order valence-electron chi connectivity index (χ1n) is 18.1. The molecule has 0 aliphatic carbocycles. The molecule has 4 aromatic heterocycles. The van der Waals surface area contributed by atoms with E-state index in [0.717, 1.165) is 38.7 Å². The van der Waals surface area contributed by atoms with Gasteiger partial charge in [0, 0.05) is 68.6 Å². The van der Waals surface area contributed by atoms with Gasteiger partial charge >= 0.3 is 6.18 Å². The van der Waals surface area contributed by atoms with Crippen LogP contribution in [0.25, 0.3) is 93.7 Å². The summed E-state index contributed by atoms with van der Waals surface area (Å²) in [5, 5.41) is 13.9. The molecule has 274 valence electrons. The molecular weight excluding hydrogens is 734 g/mol. The summed E-state index contributed by atoms with van der Waals surface area (Å²) in [4.78, 5) is 21.5. The summed E-state index contributed by atoms with van der Waals surface area (Å²) in [6.45, 7) is 8.21. The van der Waals surface area contributed by atoms with Crippen molar-refractivity contribution in [2.45, 2.75) is 6.18 Å². The molecule has 0 spiro atoms. The maximum absolute atomic E-state index is 15.4. The highest BCUT2D eigenvalue weighted by atomic mass is 19.4. The largest absolute Gasteiger partial charge is 0.415 e. The average Bonchev–Trinajstić information content (AvgIpc) is 3.78. The van der Waals surface area contributed by atoms with Gasteiger partial charge in [-0.25, -0.2) is 24.8 Å². The molecule has 10 rings (SSSR count). The second kappa shape index (κ2) is 13.3. The van der Waals surface area contributed by atoms with E-state index in [4.69, 9.17) is 6.57 Å². The molecule has 8 nitrogen and oxygen atoms in total. The summed E-state index contributed by atoms with van der Waals surface area (Å²) in [7, 11) is 0. The molecule has 0 unspecified atom stereocenters. The van der Waals surface area contributed by atoms with Gasteiger partial charge in [-0.1, -0.05) is 54.6 Å². The highest BCUT2D eigenvalue weighted by Gasteiger charge is 2.37. The molecule has 4 heterocycles. The Morgan fingerprint density at radius 2 is 1.02 bits per heavy atom. The lowest BCUT2D eigenvalue weighted by Crippen LogP contribution is -2.11. The zero-order valence-corrected chi connectivity index (χ0v) is 30.1. The van der Waals surface area contributed by atoms with Crippen LogP contribution in [0.15, 0.2) is 152 Å². The normalized spacial score (nSPS) is 11.7. The van der Waals surface area contributed by atoms with Gasteiger partial charge in [0.1, 0.15) is 0 Å². The van der Waals surface area contributed by atoms with E-state index in [1.807, 2.05) is 94.1 Å². The Morgan fingerprint density at radius 3 is 1.48 bits per heavy atom. The molecule has 58 heavy (non-hydrogen) atoms. The molecule has 0 amide bonds. The third-order valence-corrected chi connectivity index (χ3v) is 10.4. The number of para-hydroxylation sites is 2. The first-order chi connectivity index (χ1) is 28.3. The number of fused-ring (bicyclic) bond motifs is 6. The zero-order chi connectivity index (χ0) is 39.5. The number of nitrogens with zero attached hydrogens (tertiary/aromatic N) is 8. The lowest BCUT2D eigenvalue weighted by Gasteiger charge is -2.24. The standard InChI is InChI=1S/C47H25F3N8/c1-52-36-12-6-11-35(47(48,49)50)43(36)44-41(57-37-13-4-2-9-31(37)33-25-29(15-17-39(33)57)45-53-19-7-20-54-45)23-28(27-51)24-42(44)58-38-14-5-3-10-32(38)34-26-30(16-18-40(34)58)46-55-21-8-22-56-46/h2-26H. The fourth-order valence-corrected chi connectivity index (χ4v) is 8.06. The van der Waals surface area contributed by atoms with Crippen LogP contribution in [0.5, 0.6) is 0 Å². The van der Waals surface area contributed by atoms with E-state index in [2.05, 4.69) is 30.9 Å².